The number of ether oxygens (including phenoxy) is 1. The predicted molar refractivity (Wildman–Crippen MR) is 127 cm³/mol. The van der Waals surface area contributed by atoms with Crippen molar-refractivity contribution in [1.29, 1.82) is 0 Å². The maximum absolute atomic E-state index is 13.3. The van der Waals surface area contributed by atoms with E-state index in [4.69, 9.17) is 4.74 Å². The van der Waals surface area contributed by atoms with Crippen molar-refractivity contribution < 1.29 is 26.4 Å². The molecule has 0 aromatic heterocycles. The van der Waals surface area contributed by atoms with Gasteiger partial charge < -0.3 is 15.0 Å². The van der Waals surface area contributed by atoms with Crippen LogP contribution in [0.5, 0.6) is 0 Å². The molecule has 0 radical (unpaired) electrons. The average Bonchev–Trinajstić information content (AvgIpc) is 2.79. The summed E-state index contributed by atoms with van der Waals surface area (Å²) in [6.07, 6.45) is 1.11. The third-order valence-corrected chi connectivity index (χ3v) is 8.62. The Kier molecular flexibility index (Phi) is 7.78. The second-order valence-corrected chi connectivity index (χ2v) is 11.6. The Labute approximate surface area is 195 Å². The Morgan fingerprint density at radius 2 is 1.55 bits per heavy atom. The first-order chi connectivity index (χ1) is 15.6. The van der Waals surface area contributed by atoms with E-state index in [0.717, 1.165) is 6.26 Å². The Morgan fingerprint density at radius 1 is 0.970 bits per heavy atom. The molecule has 0 unspecified atom stereocenters. The number of sulfone groups is 1. The van der Waals surface area contributed by atoms with Gasteiger partial charge in [0.25, 0.3) is 5.91 Å². The molecule has 180 valence electrons. The quantitative estimate of drug-likeness (QED) is 0.597. The first kappa shape index (κ1) is 25.2. The lowest BCUT2D eigenvalue weighted by Gasteiger charge is -2.30. The number of morpholine rings is 1. The molecule has 1 N–H and O–H groups in total. The smallest absolute Gasteiger partial charge is 0.257 e. The Balaban J connectivity index is 1.99. The van der Waals surface area contributed by atoms with Crippen LogP contribution in [0.4, 0.5) is 11.4 Å². The Morgan fingerprint density at radius 3 is 2.09 bits per heavy atom. The molecule has 0 atom stereocenters. The first-order valence-electron chi connectivity index (χ1n) is 10.7. The summed E-state index contributed by atoms with van der Waals surface area (Å²) in [7, 11) is -7.12. The fourth-order valence-corrected chi connectivity index (χ4v) is 5.75. The van der Waals surface area contributed by atoms with Gasteiger partial charge in [-0.25, -0.2) is 16.8 Å². The monoisotopic (exact) mass is 495 g/mol. The Hall–Kier alpha value is -2.47. The number of nitrogens with one attached hydrogen (secondary N) is 1. The van der Waals surface area contributed by atoms with Crippen molar-refractivity contribution in [3.05, 3.63) is 48.0 Å². The molecule has 0 aliphatic carbocycles. The number of carbonyl (C=O) groups is 1. The number of sulfonamides is 1. The fourth-order valence-electron chi connectivity index (χ4n) is 3.63. The number of benzene rings is 2. The number of rotatable bonds is 8. The van der Waals surface area contributed by atoms with Crippen LogP contribution in [0.25, 0.3) is 0 Å². The minimum Gasteiger partial charge on any atom is -0.378 e. The zero-order valence-electron chi connectivity index (χ0n) is 18.9. The van der Waals surface area contributed by atoms with E-state index in [1.54, 1.807) is 19.9 Å². The molecule has 2 aromatic carbocycles. The maximum Gasteiger partial charge on any atom is 0.257 e. The zero-order chi connectivity index (χ0) is 24.2. The number of amides is 1. The van der Waals surface area contributed by atoms with Crippen LogP contribution in [-0.4, -0.2) is 72.7 Å². The van der Waals surface area contributed by atoms with E-state index in [0.29, 0.717) is 50.8 Å². The van der Waals surface area contributed by atoms with Gasteiger partial charge in [-0.2, -0.15) is 4.31 Å². The molecule has 1 fully saturated rings. The highest BCUT2D eigenvalue weighted by atomic mass is 32.2. The molecule has 1 amide bonds. The van der Waals surface area contributed by atoms with Crippen LogP contribution in [-0.2, 0) is 24.6 Å². The lowest BCUT2D eigenvalue weighted by Crippen LogP contribution is -2.37. The third-order valence-electron chi connectivity index (χ3n) is 5.45. The molecule has 1 saturated heterocycles. The van der Waals surface area contributed by atoms with Gasteiger partial charge >= 0.3 is 0 Å². The summed E-state index contributed by atoms with van der Waals surface area (Å²) in [5.74, 6) is -0.486. The van der Waals surface area contributed by atoms with Crippen molar-refractivity contribution >= 4 is 37.1 Å². The van der Waals surface area contributed by atoms with Crippen molar-refractivity contribution in [2.45, 2.75) is 23.6 Å². The highest BCUT2D eigenvalue weighted by Crippen LogP contribution is 2.28. The molecular weight excluding hydrogens is 466 g/mol. The molecule has 0 spiro atoms. The third kappa shape index (κ3) is 5.72. The summed E-state index contributed by atoms with van der Waals surface area (Å²) in [5, 5.41) is 2.75. The number of hydrogen-bond acceptors (Lipinski definition) is 7. The zero-order valence-corrected chi connectivity index (χ0v) is 20.6. The summed E-state index contributed by atoms with van der Waals surface area (Å²) in [5.41, 5.74) is 1.23. The lowest BCUT2D eigenvalue weighted by molar-refractivity contribution is 0.102. The van der Waals surface area contributed by atoms with Crippen molar-refractivity contribution in [3.8, 4) is 0 Å². The molecule has 33 heavy (non-hydrogen) atoms. The standard InChI is InChI=1S/C22H29N3O6S2/c1-4-25(5-2)33(29,30)19-10-11-21(24-12-14-31-15-13-24)20(16-19)22(26)23-17-6-8-18(9-7-17)32(3,27)28/h6-11,16H,4-5,12-15H2,1-3H3,(H,23,26). The van der Waals surface area contributed by atoms with Gasteiger partial charge in [0.1, 0.15) is 0 Å². The van der Waals surface area contributed by atoms with E-state index < -0.39 is 25.8 Å². The van der Waals surface area contributed by atoms with E-state index >= 15 is 0 Å². The minimum absolute atomic E-state index is 0.0424. The second-order valence-electron chi connectivity index (χ2n) is 7.62. The van der Waals surface area contributed by atoms with Crippen LogP contribution in [0.1, 0.15) is 24.2 Å². The molecule has 0 saturated carbocycles. The van der Waals surface area contributed by atoms with Gasteiger partial charge in [-0.3, -0.25) is 4.79 Å². The van der Waals surface area contributed by atoms with E-state index in [1.165, 1.54) is 40.7 Å². The van der Waals surface area contributed by atoms with Crippen molar-refractivity contribution in [2.75, 3.05) is 55.9 Å². The van der Waals surface area contributed by atoms with Gasteiger partial charge in [-0.05, 0) is 42.5 Å². The van der Waals surface area contributed by atoms with Crippen LogP contribution in [0.3, 0.4) is 0 Å². The van der Waals surface area contributed by atoms with E-state index in [2.05, 4.69) is 5.32 Å². The van der Waals surface area contributed by atoms with Gasteiger partial charge in [-0.1, -0.05) is 13.8 Å². The van der Waals surface area contributed by atoms with Crippen LogP contribution in [0.2, 0.25) is 0 Å². The molecular formula is C22H29N3O6S2. The number of hydrogen-bond donors (Lipinski definition) is 1. The number of nitrogens with zero attached hydrogens (tertiary/aromatic N) is 2. The van der Waals surface area contributed by atoms with Crippen LogP contribution in [0.15, 0.2) is 52.3 Å². The van der Waals surface area contributed by atoms with E-state index in [9.17, 15) is 21.6 Å². The maximum atomic E-state index is 13.3. The summed E-state index contributed by atoms with van der Waals surface area (Å²) in [6, 6.07) is 10.4. The van der Waals surface area contributed by atoms with Crippen LogP contribution >= 0.6 is 0 Å². The lowest BCUT2D eigenvalue weighted by atomic mass is 10.1. The molecule has 1 aliphatic rings. The molecule has 11 heteroatoms. The molecule has 1 aliphatic heterocycles. The average molecular weight is 496 g/mol. The molecule has 3 rings (SSSR count). The first-order valence-corrected chi connectivity index (χ1v) is 14.0. The van der Waals surface area contributed by atoms with Gasteiger partial charge in [0, 0.05) is 43.8 Å². The number of carbonyl (C=O) groups excluding carboxylic acids is 1. The summed E-state index contributed by atoms with van der Waals surface area (Å²) in [6.45, 7) is 6.32. The van der Waals surface area contributed by atoms with Gasteiger partial charge in [-0.15, -0.1) is 0 Å². The van der Waals surface area contributed by atoms with Gasteiger partial charge in [0.05, 0.1) is 28.6 Å². The fraction of sp³-hybridized carbons (Fsp3) is 0.409. The van der Waals surface area contributed by atoms with Gasteiger partial charge in [0.2, 0.25) is 10.0 Å². The van der Waals surface area contributed by atoms with E-state index in [-0.39, 0.29) is 15.4 Å². The molecule has 0 bridgehead atoms. The SMILES string of the molecule is CCN(CC)S(=O)(=O)c1ccc(N2CCOCC2)c(C(=O)Nc2ccc(S(C)(=O)=O)cc2)c1. The van der Waals surface area contributed by atoms with E-state index in [1.807, 2.05) is 4.90 Å². The Bertz CT molecular complexity index is 1200. The van der Waals surface area contributed by atoms with Crippen molar-refractivity contribution in [2.24, 2.45) is 0 Å². The summed E-state index contributed by atoms with van der Waals surface area (Å²) < 4.78 is 56.2. The molecule has 1 heterocycles. The van der Waals surface area contributed by atoms with Crippen LogP contribution in [0, 0.1) is 0 Å². The highest BCUT2D eigenvalue weighted by Gasteiger charge is 2.26. The number of anilines is 2. The predicted octanol–water partition coefficient (Wildman–Crippen LogP) is 2.21. The summed E-state index contributed by atoms with van der Waals surface area (Å²) in [4.78, 5) is 15.4. The summed E-state index contributed by atoms with van der Waals surface area (Å²) >= 11 is 0. The topological polar surface area (TPSA) is 113 Å². The normalized spacial score (nSPS) is 15.0. The highest BCUT2D eigenvalue weighted by molar-refractivity contribution is 7.90. The molecule has 2 aromatic rings. The largest absolute Gasteiger partial charge is 0.378 e. The van der Waals surface area contributed by atoms with Crippen LogP contribution < -0.4 is 10.2 Å². The molecule has 9 nitrogen and oxygen atoms in total. The van der Waals surface area contributed by atoms with Crippen molar-refractivity contribution in [1.82, 2.24) is 4.31 Å². The van der Waals surface area contributed by atoms with Gasteiger partial charge in [0.15, 0.2) is 9.84 Å². The second kappa shape index (κ2) is 10.2. The minimum atomic E-state index is -3.76. The van der Waals surface area contributed by atoms with Crippen molar-refractivity contribution in [3.63, 3.8) is 0 Å².